The van der Waals surface area contributed by atoms with Crippen molar-refractivity contribution in [3.05, 3.63) is 36.1 Å². The van der Waals surface area contributed by atoms with Crippen LogP contribution in [0.25, 0.3) is 0 Å². The van der Waals surface area contributed by atoms with Crippen molar-refractivity contribution >= 4 is 0 Å². The number of halogens is 2. The topological polar surface area (TPSA) is 9.23 Å². The summed E-state index contributed by atoms with van der Waals surface area (Å²) in [6.07, 6.45) is 7.25. The Hall–Kier alpha value is -1.12. The van der Waals surface area contributed by atoms with Gasteiger partial charge in [-0.25, -0.2) is 0 Å². The van der Waals surface area contributed by atoms with E-state index in [1.165, 1.54) is 6.08 Å². The number of ether oxygens (including phenoxy) is 1. The standard InChI is InChI=1S/C13H20F2O/c1-5-10(3)9-12(6-2)8-7-11(4)16-13(14)15/h6-8,10,13H,4-5,9H2,1-3H3/b8-7-,12-6+. The van der Waals surface area contributed by atoms with Crippen molar-refractivity contribution in [2.45, 2.75) is 40.2 Å². The Balaban J connectivity index is 4.22. The van der Waals surface area contributed by atoms with E-state index in [9.17, 15) is 8.78 Å². The molecule has 0 saturated carbocycles. The molecule has 0 heterocycles. The van der Waals surface area contributed by atoms with Crippen LogP contribution in [0.4, 0.5) is 8.78 Å². The molecule has 0 rings (SSSR count). The third-order valence-corrected chi connectivity index (χ3v) is 2.38. The van der Waals surface area contributed by atoms with Gasteiger partial charge in [-0.3, -0.25) is 0 Å². The molecular weight excluding hydrogens is 210 g/mol. The predicted octanol–water partition coefficient (Wildman–Crippen LogP) is 4.68. The molecule has 0 aromatic rings. The monoisotopic (exact) mass is 230 g/mol. The molecule has 0 amide bonds. The third kappa shape index (κ3) is 7.21. The first-order valence-electron chi connectivity index (χ1n) is 5.46. The maximum atomic E-state index is 11.8. The van der Waals surface area contributed by atoms with Crippen LogP contribution in [-0.2, 0) is 4.74 Å². The number of allylic oxidation sites excluding steroid dienone is 4. The average molecular weight is 230 g/mol. The molecule has 0 radical (unpaired) electrons. The molecule has 0 N–H and O–H groups in total. The molecule has 0 aliphatic heterocycles. The Morgan fingerprint density at radius 1 is 1.38 bits per heavy atom. The van der Waals surface area contributed by atoms with E-state index < -0.39 is 6.61 Å². The SMILES string of the molecule is C=C(/C=C\C(=C/C)CC(C)CC)OC(F)F. The van der Waals surface area contributed by atoms with E-state index in [1.54, 1.807) is 6.08 Å². The zero-order valence-corrected chi connectivity index (χ0v) is 10.2. The van der Waals surface area contributed by atoms with Gasteiger partial charge in [0.15, 0.2) is 0 Å². The smallest absolute Gasteiger partial charge is 0.387 e. The van der Waals surface area contributed by atoms with Gasteiger partial charge in [-0.1, -0.05) is 44.6 Å². The quantitative estimate of drug-likeness (QED) is 0.456. The van der Waals surface area contributed by atoms with Crippen LogP contribution < -0.4 is 0 Å². The van der Waals surface area contributed by atoms with Gasteiger partial charge in [0.1, 0.15) is 5.76 Å². The van der Waals surface area contributed by atoms with Crippen molar-refractivity contribution in [3.63, 3.8) is 0 Å². The minimum Gasteiger partial charge on any atom is -0.435 e. The first kappa shape index (κ1) is 14.9. The first-order valence-corrected chi connectivity index (χ1v) is 5.46. The molecule has 0 fully saturated rings. The van der Waals surface area contributed by atoms with Gasteiger partial charge < -0.3 is 4.74 Å². The Labute approximate surface area is 96.5 Å². The summed E-state index contributed by atoms with van der Waals surface area (Å²) in [5.74, 6) is 0.568. The maximum absolute atomic E-state index is 11.8. The van der Waals surface area contributed by atoms with Crippen molar-refractivity contribution in [3.8, 4) is 0 Å². The van der Waals surface area contributed by atoms with Crippen molar-refractivity contribution in [2.75, 3.05) is 0 Å². The summed E-state index contributed by atoms with van der Waals surface area (Å²) < 4.78 is 27.8. The van der Waals surface area contributed by atoms with Gasteiger partial charge in [0.05, 0.1) is 0 Å². The molecule has 0 bridgehead atoms. The van der Waals surface area contributed by atoms with E-state index in [0.717, 1.165) is 18.4 Å². The van der Waals surface area contributed by atoms with E-state index in [1.807, 2.05) is 13.0 Å². The van der Waals surface area contributed by atoms with E-state index in [4.69, 9.17) is 0 Å². The highest BCUT2D eigenvalue weighted by Crippen LogP contribution is 2.16. The molecule has 1 nitrogen and oxygen atoms in total. The van der Waals surface area contributed by atoms with E-state index in [0.29, 0.717) is 5.92 Å². The fraction of sp³-hybridized carbons (Fsp3) is 0.538. The summed E-state index contributed by atoms with van der Waals surface area (Å²) in [4.78, 5) is 0. The van der Waals surface area contributed by atoms with E-state index in [2.05, 4.69) is 25.2 Å². The normalized spacial score (nSPS) is 14.5. The van der Waals surface area contributed by atoms with Crippen LogP contribution in [0.1, 0.15) is 33.6 Å². The van der Waals surface area contributed by atoms with E-state index in [-0.39, 0.29) is 5.76 Å². The van der Waals surface area contributed by atoms with Gasteiger partial charge >= 0.3 is 6.61 Å². The Morgan fingerprint density at radius 3 is 2.44 bits per heavy atom. The van der Waals surface area contributed by atoms with Crippen molar-refractivity contribution in [1.82, 2.24) is 0 Å². The largest absolute Gasteiger partial charge is 0.435 e. The molecule has 3 heteroatoms. The molecule has 0 aliphatic rings. The highest BCUT2D eigenvalue weighted by molar-refractivity contribution is 5.23. The van der Waals surface area contributed by atoms with Gasteiger partial charge in [0.2, 0.25) is 0 Å². The minimum atomic E-state index is -2.80. The molecule has 0 aromatic carbocycles. The molecule has 0 saturated heterocycles. The van der Waals surface area contributed by atoms with Gasteiger partial charge in [-0.2, -0.15) is 8.78 Å². The van der Waals surface area contributed by atoms with Crippen molar-refractivity contribution in [2.24, 2.45) is 5.92 Å². The molecule has 1 atom stereocenters. The second kappa shape index (κ2) is 8.08. The molecule has 16 heavy (non-hydrogen) atoms. The fourth-order valence-corrected chi connectivity index (χ4v) is 1.18. The fourth-order valence-electron chi connectivity index (χ4n) is 1.18. The van der Waals surface area contributed by atoms with Crippen LogP contribution in [0.3, 0.4) is 0 Å². The van der Waals surface area contributed by atoms with Gasteiger partial charge in [0, 0.05) is 0 Å². The zero-order valence-electron chi connectivity index (χ0n) is 10.2. The van der Waals surface area contributed by atoms with Crippen LogP contribution in [0.2, 0.25) is 0 Å². The Kier molecular flexibility index (Phi) is 7.52. The van der Waals surface area contributed by atoms with Crippen LogP contribution >= 0.6 is 0 Å². The van der Waals surface area contributed by atoms with Gasteiger partial charge in [0.25, 0.3) is 0 Å². The maximum Gasteiger partial charge on any atom is 0.387 e. The summed E-state index contributed by atoms with van der Waals surface area (Å²) >= 11 is 0. The minimum absolute atomic E-state index is 0.0153. The summed E-state index contributed by atoms with van der Waals surface area (Å²) in [5.41, 5.74) is 1.10. The highest BCUT2D eigenvalue weighted by Gasteiger charge is 2.03. The second-order valence-electron chi connectivity index (χ2n) is 3.76. The lowest BCUT2D eigenvalue weighted by molar-refractivity contribution is -0.0915. The van der Waals surface area contributed by atoms with Crippen molar-refractivity contribution in [1.29, 1.82) is 0 Å². The molecular formula is C13H20F2O. The highest BCUT2D eigenvalue weighted by atomic mass is 19.3. The Bertz CT molecular complexity index is 267. The lowest BCUT2D eigenvalue weighted by Crippen LogP contribution is -1.96. The predicted molar refractivity (Wildman–Crippen MR) is 63.2 cm³/mol. The average Bonchev–Trinajstić information content (AvgIpc) is 2.22. The summed E-state index contributed by atoms with van der Waals surface area (Å²) in [5, 5.41) is 0. The molecule has 1 unspecified atom stereocenters. The number of hydrogen-bond acceptors (Lipinski definition) is 1. The van der Waals surface area contributed by atoms with Crippen LogP contribution in [0.15, 0.2) is 36.1 Å². The Morgan fingerprint density at radius 2 is 2.00 bits per heavy atom. The van der Waals surface area contributed by atoms with Gasteiger partial charge in [-0.15, -0.1) is 0 Å². The lowest BCUT2D eigenvalue weighted by atomic mass is 9.98. The molecule has 0 aromatic heterocycles. The summed E-state index contributed by atoms with van der Waals surface area (Å²) in [6, 6.07) is 0. The van der Waals surface area contributed by atoms with Crippen molar-refractivity contribution < 1.29 is 13.5 Å². The zero-order chi connectivity index (χ0) is 12.6. The van der Waals surface area contributed by atoms with Crippen LogP contribution in [0, 0.1) is 5.92 Å². The first-order chi connectivity index (χ1) is 7.49. The molecule has 0 spiro atoms. The third-order valence-electron chi connectivity index (χ3n) is 2.38. The van der Waals surface area contributed by atoms with Crippen LogP contribution in [-0.4, -0.2) is 6.61 Å². The lowest BCUT2D eigenvalue weighted by Gasteiger charge is -2.09. The van der Waals surface area contributed by atoms with Crippen LogP contribution in [0.5, 0.6) is 0 Å². The van der Waals surface area contributed by atoms with E-state index >= 15 is 0 Å². The summed E-state index contributed by atoms with van der Waals surface area (Å²) in [6.45, 7) is 6.79. The molecule has 92 valence electrons. The second-order valence-corrected chi connectivity index (χ2v) is 3.76. The number of alkyl halides is 2. The summed E-state index contributed by atoms with van der Waals surface area (Å²) in [7, 11) is 0. The molecule has 0 aliphatic carbocycles. The van der Waals surface area contributed by atoms with Gasteiger partial charge in [-0.05, 0) is 25.3 Å². The number of hydrogen-bond donors (Lipinski definition) is 0. The number of rotatable bonds is 7.